The second-order valence-electron chi connectivity index (χ2n) is 9.07. The molecule has 5 atom stereocenters. The summed E-state index contributed by atoms with van der Waals surface area (Å²) in [6, 6.07) is 28.9. The van der Waals surface area contributed by atoms with Crippen LogP contribution in [0.2, 0.25) is 0 Å². The van der Waals surface area contributed by atoms with Crippen LogP contribution in [-0.4, -0.2) is 59.1 Å². The molecule has 1 aliphatic heterocycles. The minimum atomic E-state index is -3.88. The molecular weight excluding hydrogens is 508 g/mol. The van der Waals surface area contributed by atoms with Crippen molar-refractivity contribution in [3.05, 3.63) is 108 Å². The predicted octanol–water partition coefficient (Wildman–Crippen LogP) is 4.09. The van der Waals surface area contributed by atoms with E-state index in [1.165, 1.54) is 7.11 Å². The van der Waals surface area contributed by atoms with Crippen molar-refractivity contribution in [2.75, 3.05) is 20.0 Å². The average Bonchev–Trinajstić information content (AvgIpc) is 2.93. The maximum absolute atomic E-state index is 12.4. The molecule has 0 aromatic heterocycles. The number of ether oxygens (including phenoxy) is 5. The molecule has 3 aromatic carbocycles. The second kappa shape index (κ2) is 14.0. The van der Waals surface area contributed by atoms with Crippen molar-refractivity contribution in [2.45, 2.75) is 50.5 Å². The predicted molar refractivity (Wildman–Crippen MR) is 142 cm³/mol. The minimum Gasteiger partial charge on any atom is -0.374 e. The van der Waals surface area contributed by atoms with Gasteiger partial charge in [0.15, 0.2) is 6.29 Å². The fourth-order valence-electron chi connectivity index (χ4n) is 4.29. The van der Waals surface area contributed by atoms with Gasteiger partial charge in [0.1, 0.15) is 24.4 Å². The number of methoxy groups -OCH3 is 1. The first-order chi connectivity index (χ1) is 18.4. The molecule has 0 amide bonds. The Kier molecular flexibility index (Phi) is 10.4. The quantitative estimate of drug-likeness (QED) is 0.299. The third-order valence-electron chi connectivity index (χ3n) is 6.07. The zero-order valence-electron chi connectivity index (χ0n) is 21.5. The molecule has 0 unspecified atom stereocenters. The number of benzene rings is 3. The molecule has 0 aliphatic carbocycles. The molecule has 1 aliphatic rings. The molecule has 1 fully saturated rings. The lowest BCUT2D eigenvalue weighted by atomic mass is 9.98. The van der Waals surface area contributed by atoms with E-state index in [2.05, 4.69) is 0 Å². The average molecular weight is 543 g/mol. The SMILES string of the molecule is CO[C@H]1O[C@H](COCc2ccccc2)[C@@H](OS(C)(=O)=O)[C@H](OCc2ccccc2)[C@H]1OCc1ccccc1. The van der Waals surface area contributed by atoms with Crippen molar-refractivity contribution in [2.24, 2.45) is 0 Å². The molecule has 3 aromatic rings. The molecule has 0 spiro atoms. The van der Waals surface area contributed by atoms with Crippen LogP contribution in [0.3, 0.4) is 0 Å². The van der Waals surface area contributed by atoms with E-state index < -0.39 is 40.8 Å². The molecule has 0 N–H and O–H groups in total. The van der Waals surface area contributed by atoms with Gasteiger partial charge in [0, 0.05) is 7.11 Å². The molecule has 38 heavy (non-hydrogen) atoms. The van der Waals surface area contributed by atoms with E-state index in [1.807, 2.05) is 91.0 Å². The van der Waals surface area contributed by atoms with E-state index in [9.17, 15) is 8.42 Å². The van der Waals surface area contributed by atoms with E-state index in [0.29, 0.717) is 6.61 Å². The number of hydrogen-bond acceptors (Lipinski definition) is 8. The highest BCUT2D eigenvalue weighted by Crippen LogP contribution is 2.31. The highest BCUT2D eigenvalue weighted by atomic mass is 32.2. The van der Waals surface area contributed by atoms with E-state index in [1.54, 1.807) is 0 Å². The van der Waals surface area contributed by atoms with Crippen LogP contribution in [0.4, 0.5) is 0 Å². The van der Waals surface area contributed by atoms with Crippen LogP contribution in [-0.2, 0) is 57.8 Å². The first-order valence-corrected chi connectivity index (χ1v) is 14.2. The molecule has 204 valence electrons. The molecule has 0 bridgehead atoms. The lowest BCUT2D eigenvalue weighted by Crippen LogP contribution is -2.62. The van der Waals surface area contributed by atoms with Crippen LogP contribution in [0.1, 0.15) is 16.7 Å². The molecule has 0 saturated carbocycles. The van der Waals surface area contributed by atoms with Gasteiger partial charge in [-0.2, -0.15) is 8.42 Å². The highest BCUT2D eigenvalue weighted by Gasteiger charge is 2.50. The number of hydrogen-bond donors (Lipinski definition) is 0. The molecule has 1 heterocycles. The van der Waals surface area contributed by atoms with Crippen LogP contribution in [0.5, 0.6) is 0 Å². The van der Waals surface area contributed by atoms with E-state index in [-0.39, 0.29) is 19.8 Å². The summed E-state index contributed by atoms with van der Waals surface area (Å²) in [5.74, 6) is 0. The van der Waals surface area contributed by atoms with Crippen LogP contribution in [0, 0.1) is 0 Å². The zero-order valence-corrected chi connectivity index (χ0v) is 22.4. The molecule has 1 saturated heterocycles. The van der Waals surface area contributed by atoms with Gasteiger partial charge in [-0.05, 0) is 16.7 Å². The summed E-state index contributed by atoms with van der Waals surface area (Å²) in [7, 11) is -2.37. The largest absolute Gasteiger partial charge is 0.374 e. The smallest absolute Gasteiger partial charge is 0.264 e. The highest BCUT2D eigenvalue weighted by molar-refractivity contribution is 7.86. The Labute approximate surface area is 224 Å². The van der Waals surface area contributed by atoms with E-state index in [0.717, 1.165) is 22.9 Å². The fraction of sp³-hybridized carbons (Fsp3) is 0.379. The zero-order chi connectivity index (χ0) is 26.8. The van der Waals surface area contributed by atoms with Crippen LogP contribution in [0.15, 0.2) is 91.0 Å². The maximum Gasteiger partial charge on any atom is 0.264 e. The third kappa shape index (κ3) is 8.44. The Bertz CT molecular complexity index is 1190. The molecule has 4 rings (SSSR count). The van der Waals surface area contributed by atoms with Gasteiger partial charge >= 0.3 is 0 Å². The van der Waals surface area contributed by atoms with Crippen molar-refractivity contribution in [1.82, 2.24) is 0 Å². The summed E-state index contributed by atoms with van der Waals surface area (Å²) in [5, 5.41) is 0. The van der Waals surface area contributed by atoms with Crippen molar-refractivity contribution >= 4 is 10.1 Å². The van der Waals surface area contributed by atoms with Gasteiger partial charge in [0.05, 0.1) is 32.7 Å². The monoisotopic (exact) mass is 542 g/mol. The molecule has 9 heteroatoms. The standard InChI is InChI=1S/C29H34O8S/c1-32-29-28(35-20-24-16-10-5-11-17-24)27(34-19-23-14-8-4-9-15-23)26(37-38(2,30)31)25(36-29)21-33-18-22-12-6-3-7-13-22/h3-17,25-29H,18-21H2,1-2H3/t25-,26-,27+,28-,29+/m1/s1. The van der Waals surface area contributed by atoms with Gasteiger partial charge in [0.2, 0.25) is 0 Å². The van der Waals surface area contributed by atoms with Gasteiger partial charge in [-0.3, -0.25) is 4.18 Å². The summed E-state index contributed by atoms with van der Waals surface area (Å²) in [6.07, 6.45) is -3.28. The van der Waals surface area contributed by atoms with Crippen molar-refractivity contribution in [1.29, 1.82) is 0 Å². The van der Waals surface area contributed by atoms with Gasteiger partial charge in [-0.15, -0.1) is 0 Å². The Morgan fingerprint density at radius 3 is 1.63 bits per heavy atom. The van der Waals surface area contributed by atoms with Gasteiger partial charge in [0.25, 0.3) is 10.1 Å². The van der Waals surface area contributed by atoms with Gasteiger partial charge in [-0.25, -0.2) is 0 Å². The normalized spacial score (nSPS) is 23.8. The van der Waals surface area contributed by atoms with Crippen molar-refractivity contribution in [3.63, 3.8) is 0 Å². The number of rotatable bonds is 13. The first kappa shape index (κ1) is 28.4. The Hall–Kier alpha value is -2.63. The summed E-state index contributed by atoms with van der Waals surface area (Å²) in [4.78, 5) is 0. The van der Waals surface area contributed by atoms with Gasteiger partial charge < -0.3 is 23.7 Å². The van der Waals surface area contributed by atoms with Gasteiger partial charge in [-0.1, -0.05) is 91.0 Å². The minimum absolute atomic E-state index is 0.0611. The lowest BCUT2D eigenvalue weighted by Gasteiger charge is -2.44. The summed E-state index contributed by atoms with van der Waals surface area (Å²) in [6.45, 7) is 0.855. The fourth-order valence-corrected chi connectivity index (χ4v) is 4.92. The maximum atomic E-state index is 12.4. The Balaban J connectivity index is 1.57. The summed E-state index contributed by atoms with van der Waals surface area (Å²) >= 11 is 0. The van der Waals surface area contributed by atoms with Crippen molar-refractivity contribution < 1.29 is 36.3 Å². The lowest BCUT2D eigenvalue weighted by molar-refractivity contribution is -0.311. The topological polar surface area (TPSA) is 89.5 Å². The summed E-state index contributed by atoms with van der Waals surface area (Å²) < 4.78 is 60.6. The van der Waals surface area contributed by atoms with Crippen LogP contribution in [0.25, 0.3) is 0 Å². The summed E-state index contributed by atoms with van der Waals surface area (Å²) in [5.41, 5.74) is 2.84. The van der Waals surface area contributed by atoms with E-state index in [4.69, 9.17) is 27.9 Å². The van der Waals surface area contributed by atoms with Crippen LogP contribution < -0.4 is 0 Å². The van der Waals surface area contributed by atoms with E-state index >= 15 is 0 Å². The third-order valence-corrected chi connectivity index (χ3v) is 6.65. The molecular formula is C29H34O8S. The Morgan fingerprint density at radius 2 is 1.16 bits per heavy atom. The molecule has 8 nitrogen and oxygen atoms in total. The first-order valence-electron chi connectivity index (χ1n) is 12.4. The molecule has 0 radical (unpaired) electrons. The second-order valence-corrected chi connectivity index (χ2v) is 10.7. The van der Waals surface area contributed by atoms with Crippen molar-refractivity contribution in [3.8, 4) is 0 Å². The van der Waals surface area contributed by atoms with Crippen LogP contribution >= 0.6 is 0 Å². The Morgan fingerprint density at radius 1 is 0.684 bits per heavy atom.